The predicted octanol–water partition coefficient (Wildman–Crippen LogP) is 4.37. The van der Waals surface area contributed by atoms with E-state index in [1.807, 2.05) is 35.9 Å². The average molecular weight is 491 g/mol. The third kappa shape index (κ3) is 5.27. The number of sulfone groups is 1. The molecule has 1 aromatic heterocycles. The number of carbonyl (C=O) groups is 2. The van der Waals surface area contributed by atoms with E-state index in [1.54, 1.807) is 54.6 Å². The molecule has 4 rings (SSSR count). The van der Waals surface area contributed by atoms with Crippen LogP contribution in [0.15, 0.2) is 83.9 Å². The lowest BCUT2D eigenvalue weighted by atomic mass is 10.0. The molecule has 35 heavy (non-hydrogen) atoms. The summed E-state index contributed by atoms with van der Waals surface area (Å²) in [5, 5.41) is 3.97. The number of nitrogens with one attached hydrogen (secondary N) is 1. The number of fused-ring (bicyclic) bond motifs is 1. The fourth-order valence-corrected chi connectivity index (χ4v) is 4.63. The number of methoxy groups -OCH3 is 1. The van der Waals surface area contributed by atoms with Crippen molar-refractivity contribution in [2.24, 2.45) is 0 Å². The molecule has 1 amide bonds. The summed E-state index contributed by atoms with van der Waals surface area (Å²) in [6, 6.07) is 20.9. The third-order valence-electron chi connectivity index (χ3n) is 5.92. The van der Waals surface area contributed by atoms with E-state index in [1.165, 1.54) is 13.4 Å². The quantitative estimate of drug-likeness (QED) is 0.388. The molecule has 7 nitrogen and oxygen atoms in total. The van der Waals surface area contributed by atoms with Crippen molar-refractivity contribution in [1.29, 1.82) is 0 Å². The van der Waals surface area contributed by atoms with E-state index in [0.29, 0.717) is 17.7 Å². The number of aromatic nitrogens is 1. The number of hydrogen-bond donors (Lipinski definition) is 1. The van der Waals surface area contributed by atoms with Crippen LogP contribution in [-0.4, -0.2) is 38.2 Å². The summed E-state index contributed by atoms with van der Waals surface area (Å²) in [5.41, 5.74) is 3.56. The fourth-order valence-electron chi connectivity index (χ4n) is 4.00. The zero-order valence-electron chi connectivity index (χ0n) is 19.7. The monoisotopic (exact) mass is 490 g/mol. The first kappa shape index (κ1) is 24.2. The standard InChI is InChI=1S/C27H26N2O5S/c1-18(20-9-11-22(12-10-20)27(31)34-2)28-26(30)24-6-4-5-21-15-16-29(25(21)24)17-19-7-13-23(14-8-19)35(3,32)33/h4-16,18H,17H2,1-3H3,(H,28,30)/t18-/m0/s1. The van der Waals surface area contributed by atoms with Gasteiger partial charge in [-0.25, -0.2) is 13.2 Å². The molecule has 0 unspecified atom stereocenters. The number of nitrogens with zero attached hydrogens (tertiary/aromatic N) is 1. The number of hydrogen-bond acceptors (Lipinski definition) is 5. The van der Waals surface area contributed by atoms with E-state index in [2.05, 4.69) is 5.32 Å². The zero-order valence-corrected chi connectivity index (χ0v) is 20.5. The molecular weight excluding hydrogens is 464 g/mol. The highest BCUT2D eigenvalue weighted by molar-refractivity contribution is 7.90. The van der Waals surface area contributed by atoms with Crippen LogP contribution in [0.1, 0.15) is 44.8 Å². The molecular formula is C27H26N2O5S. The van der Waals surface area contributed by atoms with Gasteiger partial charge in [-0.3, -0.25) is 4.79 Å². The molecule has 0 fully saturated rings. The molecule has 0 aliphatic rings. The molecule has 180 valence electrons. The van der Waals surface area contributed by atoms with Crippen LogP contribution in [-0.2, 0) is 21.1 Å². The van der Waals surface area contributed by atoms with E-state index in [-0.39, 0.29) is 16.8 Å². The molecule has 1 heterocycles. The second kappa shape index (κ2) is 9.76. The summed E-state index contributed by atoms with van der Waals surface area (Å²) in [5.74, 6) is -0.626. The molecule has 4 aromatic rings. The van der Waals surface area contributed by atoms with Crippen LogP contribution in [0, 0.1) is 0 Å². The van der Waals surface area contributed by atoms with Gasteiger partial charge in [0.05, 0.1) is 34.7 Å². The number of rotatable bonds is 7. The molecule has 1 atom stereocenters. The lowest BCUT2D eigenvalue weighted by Gasteiger charge is -2.16. The van der Waals surface area contributed by atoms with Gasteiger partial charge in [0.1, 0.15) is 0 Å². The number of benzene rings is 3. The molecule has 1 N–H and O–H groups in total. The van der Waals surface area contributed by atoms with Gasteiger partial charge in [-0.15, -0.1) is 0 Å². The Kier molecular flexibility index (Phi) is 6.75. The van der Waals surface area contributed by atoms with Gasteiger partial charge in [0, 0.05) is 24.4 Å². The van der Waals surface area contributed by atoms with Gasteiger partial charge in [0.15, 0.2) is 9.84 Å². The largest absolute Gasteiger partial charge is 0.465 e. The number of esters is 1. The minimum Gasteiger partial charge on any atom is -0.465 e. The van der Waals surface area contributed by atoms with Crippen LogP contribution in [0.5, 0.6) is 0 Å². The van der Waals surface area contributed by atoms with E-state index in [0.717, 1.165) is 22.0 Å². The zero-order chi connectivity index (χ0) is 25.2. The minimum atomic E-state index is -3.26. The van der Waals surface area contributed by atoms with Gasteiger partial charge in [0.2, 0.25) is 0 Å². The Labute approximate surface area is 204 Å². The Morgan fingerprint density at radius 3 is 2.29 bits per heavy atom. The Morgan fingerprint density at radius 1 is 0.971 bits per heavy atom. The molecule has 0 aliphatic heterocycles. The van der Waals surface area contributed by atoms with Crippen molar-refractivity contribution in [3.8, 4) is 0 Å². The summed E-state index contributed by atoms with van der Waals surface area (Å²) >= 11 is 0. The first-order valence-electron chi connectivity index (χ1n) is 11.0. The second-order valence-corrected chi connectivity index (χ2v) is 10.4. The third-order valence-corrected chi connectivity index (χ3v) is 7.05. The van der Waals surface area contributed by atoms with Crippen molar-refractivity contribution in [2.45, 2.75) is 24.4 Å². The summed E-state index contributed by atoms with van der Waals surface area (Å²) in [4.78, 5) is 25.2. The molecule has 3 aromatic carbocycles. The van der Waals surface area contributed by atoms with Gasteiger partial charge in [0.25, 0.3) is 5.91 Å². The Bertz CT molecular complexity index is 1490. The number of amides is 1. The predicted molar refractivity (Wildman–Crippen MR) is 134 cm³/mol. The summed E-state index contributed by atoms with van der Waals surface area (Å²) < 4.78 is 30.2. The highest BCUT2D eigenvalue weighted by Crippen LogP contribution is 2.23. The van der Waals surface area contributed by atoms with Gasteiger partial charge in [-0.05, 0) is 54.4 Å². The maximum Gasteiger partial charge on any atom is 0.337 e. The normalized spacial score (nSPS) is 12.3. The number of ether oxygens (including phenoxy) is 1. The van der Waals surface area contributed by atoms with Gasteiger partial charge in [-0.2, -0.15) is 0 Å². The van der Waals surface area contributed by atoms with Crippen molar-refractivity contribution in [1.82, 2.24) is 9.88 Å². The lowest BCUT2D eigenvalue weighted by Crippen LogP contribution is -2.27. The lowest BCUT2D eigenvalue weighted by molar-refractivity contribution is 0.0600. The topological polar surface area (TPSA) is 94.5 Å². The molecule has 0 aliphatic carbocycles. The number of para-hydroxylation sites is 1. The van der Waals surface area contributed by atoms with Crippen molar-refractivity contribution >= 4 is 32.6 Å². The molecule has 0 bridgehead atoms. The van der Waals surface area contributed by atoms with E-state index < -0.39 is 15.8 Å². The fraction of sp³-hybridized carbons (Fsp3) is 0.185. The molecule has 0 saturated heterocycles. The molecule has 0 spiro atoms. The van der Waals surface area contributed by atoms with Crippen molar-refractivity contribution in [3.63, 3.8) is 0 Å². The summed E-state index contributed by atoms with van der Waals surface area (Å²) in [6.07, 6.45) is 3.10. The highest BCUT2D eigenvalue weighted by atomic mass is 32.2. The van der Waals surface area contributed by atoms with Crippen LogP contribution < -0.4 is 5.32 Å². The first-order chi connectivity index (χ1) is 16.7. The highest BCUT2D eigenvalue weighted by Gasteiger charge is 2.17. The van der Waals surface area contributed by atoms with Crippen molar-refractivity contribution < 1.29 is 22.7 Å². The van der Waals surface area contributed by atoms with Crippen LogP contribution in [0.25, 0.3) is 10.9 Å². The summed E-state index contributed by atoms with van der Waals surface area (Å²) in [6.45, 7) is 2.37. The van der Waals surface area contributed by atoms with Crippen LogP contribution in [0.4, 0.5) is 0 Å². The van der Waals surface area contributed by atoms with Crippen LogP contribution in [0.3, 0.4) is 0 Å². The maximum atomic E-state index is 13.3. The average Bonchev–Trinajstić information content (AvgIpc) is 3.26. The Hall–Kier alpha value is -3.91. The number of carbonyl (C=O) groups excluding carboxylic acids is 2. The van der Waals surface area contributed by atoms with Gasteiger partial charge in [-0.1, -0.05) is 36.4 Å². The Morgan fingerprint density at radius 2 is 1.66 bits per heavy atom. The second-order valence-electron chi connectivity index (χ2n) is 8.41. The smallest absolute Gasteiger partial charge is 0.337 e. The van der Waals surface area contributed by atoms with Crippen LogP contribution in [0.2, 0.25) is 0 Å². The molecule has 0 saturated carbocycles. The van der Waals surface area contributed by atoms with E-state index in [9.17, 15) is 18.0 Å². The first-order valence-corrected chi connectivity index (χ1v) is 12.9. The summed E-state index contributed by atoms with van der Waals surface area (Å²) in [7, 11) is -1.93. The minimum absolute atomic E-state index is 0.215. The Balaban J connectivity index is 1.57. The van der Waals surface area contributed by atoms with Crippen molar-refractivity contribution in [2.75, 3.05) is 13.4 Å². The SMILES string of the molecule is COC(=O)c1ccc([C@H](C)NC(=O)c2cccc3ccn(Cc4ccc(S(C)(=O)=O)cc4)c23)cc1. The van der Waals surface area contributed by atoms with Crippen molar-refractivity contribution in [3.05, 3.63) is 101 Å². The van der Waals surface area contributed by atoms with Gasteiger partial charge >= 0.3 is 5.97 Å². The maximum absolute atomic E-state index is 13.3. The van der Waals surface area contributed by atoms with Crippen LogP contribution >= 0.6 is 0 Å². The molecule has 0 radical (unpaired) electrons. The van der Waals surface area contributed by atoms with Gasteiger partial charge < -0.3 is 14.6 Å². The molecule has 8 heteroatoms. The van der Waals surface area contributed by atoms with E-state index >= 15 is 0 Å². The van der Waals surface area contributed by atoms with E-state index in [4.69, 9.17) is 4.74 Å².